The molecule has 0 saturated carbocycles. The molecule has 1 unspecified atom stereocenters. The van der Waals surface area contributed by atoms with Crippen molar-refractivity contribution in [3.63, 3.8) is 0 Å². The zero-order valence-corrected chi connectivity index (χ0v) is 11.8. The first kappa shape index (κ1) is 14.0. The van der Waals surface area contributed by atoms with Gasteiger partial charge in [-0.25, -0.2) is 13.1 Å². The summed E-state index contributed by atoms with van der Waals surface area (Å²) in [7, 11) is -3.31. The third-order valence-corrected chi connectivity index (χ3v) is 5.22. The Hall–Kier alpha value is -0.100. The molecule has 16 heavy (non-hydrogen) atoms. The van der Waals surface area contributed by atoms with Gasteiger partial charge in [-0.1, -0.05) is 0 Å². The Kier molecular flexibility index (Phi) is 5.24. The van der Waals surface area contributed by atoms with Crippen LogP contribution < -0.4 is 4.72 Å². The molecule has 1 N–H and O–H groups in total. The summed E-state index contributed by atoms with van der Waals surface area (Å²) in [5.74, 6) is 0. The van der Waals surface area contributed by atoms with Gasteiger partial charge in [0, 0.05) is 16.8 Å². The maximum Gasteiger partial charge on any atom is 0.250 e. The normalized spacial score (nSPS) is 13.9. The van der Waals surface area contributed by atoms with Gasteiger partial charge in [0.2, 0.25) is 10.0 Å². The van der Waals surface area contributed by atoms with Crippen molar-refractivity contribution in [1.29, 1.82) is 0 Å². The summed E-state index contributed by atoms with van der Waals surface area (Å²) in [5.41, 5.74) is 0. The van der Waals surface area contributed by atoms with Crippen LogP contribution in [0.25, 0.3) is 0 Å². The highest BCUT2D eigenvalue weighted by molar-refractivity contribution is 7.91. The van der Waals surface area contributed by atoms with E-state index in [1.165, 1.54) is 11.3 Å². The number of alkyl halides is 1. The largest absolute Gasteiger partial charge is 0.250 e. The molecule has 0 bridgehead atoms. The maximum atomic E-state index is 11.8. The molecule has 0 spiro atoms. The second kappa shape index (κ2) is 6.00. The van der Waals surface area contributed by atoms with Crippen molar-refractivity contribution in [2.75, 3.05) is 6.54 Å². The fraction of sp³-hybridized carbons (Fsp3) is 0.600. The fourth-order valence-corrected chi connectivity index (χ4v) is 3.77. The molecule has 0 amide bonds. The minimum atomic E-state index is -3.31. The molecule has 0 radical (unpaired) electrons. The van der Waals surface area contributed by atoms with Crippen LogP contribution >= 0.6 is 22.9 Å². The van der Waals surface area contributed by atoms with E-state index in [9.17, 15) is 8.42 Å². The summed E-state index contributed by atoms with van der Waals surface area (Å²) < 4.78 is 26.5. The zero-order chi connectivity index (χ0) is 12.2. The molecule has 0 fully saturated rings. The van der Waals surface area contributed by atoms with Gasteiger partial charge in [0.25, 0.3) is 0 Å². The number of thiophene rings is 1. The highest BCUT2D eigenvalue weighted by atomic mass is 35.5. The lowest BCUT2D eigenvalue weighted by atomic mass is 10.2. The van der Waals surface area contributed by atoms with E-state index in [0.717, 1.165) is 17.7 Å². The van der Waals surface area contributed by atoms with Crippen LogP contribution in [0.2, 0.25) is 0 Å². The summed E-state index contributed by atoms with van der Waals surface area (Å²) in [6, 6.07) is 3.44. The summed E-state index contributed by atoms with van der Waals surface area (Å²) in [6.45, 7) is 4.23. The van der Waals surface area contributed by atoms with E-state index in [-0.39, 0.29) is 5.38 Å². The average Bonchev–Trinajstić information content (AvgIpc) is 2.60. The predicted octanol–water partition coefficient (Wildman–Crippen LogP) is 2.74. The van der Waals surface area contributed by atoms with E-state index in [0.29, 0.717) is 10.8 Å². The molecule has 92 valence electrons. The highest BCUT2D eigenvalue weighted by Gasteiger charge is 2.15. The first-order valence-corrected chi connectivity index (χ1v) is 7.85. The summed E-state index contributed by atoms with van der Waals surface area (Å²) >= 11 is 7.06. The standard InChI is InChI=1S/C10H16ClNO2S2/c1-8(11)4-3-7-12-16(13,14)10-6-5-9(2)15-10/h5-6,8,12H,3-4,7H2,1-2H3. The van der Waals surface area contributed by atoms with Crippen molar-refractivity contribution in [2.45, 2.75) is 36.3 Å². The van der Waals surface area contributed by atoms with Crippen LogP contribution in [0.4, 0.5) is 0 Å². The van der Waals surface area contributed by atoms with E-state index >= 15 is 0 Å². The van der Waals surface area contributed by atoms with Crippen LogP contribution in [0.3, 0.4) is 0 Å². The van der Waals surface area contributed by atoms with E-state index in [4.69, 9.17) is 11.6 Å². The highest BCUT2D eigenvalue weighted by Crippen LogP contribution is 2.20. The molecule has 1 heterocycles. The van der Waals surface area contributed by atoms with E-state index < -0.39 is 10.0 Å². The summed E-state index contributed by atoms with van der Waals surface area (Å²) in [6.07, 6.45) is 1.57. The molecule has 6 heteroatoms. The maximum absolute atomic E-state index is 11.8. The molecule has 1 atom stereocenters. The molecule has 1 rings (SSSR count). The molecular formula is C10H16ClNO2S2. The molecule has 3 nitrogen and oxygen atoms in total. The van der Waals surface area contributed by atoms with Gasteiger partial charge in [0.1, 0.15) is 4.21 Å². The minimum Gasteiger partial charge on any atom is -0.210 e. The van der Waals surface area contributed by atoms with Gasteiger partial charge < -0.3 is 0 Å². The molecule has 0 aliphatic rings. The van der Waals surface area contributed by atoms with Gasteiger partial charge in [0.05, 0.1) is 0 Å². The lowest BCUT2D eigenvalue weighted by Gasteiger charge is -2.05. The topological polar surface area (TPSA) is 46.2 Å². The quantitative estimate of drug-likeness (QED) is 0.644. The smallest absolute Gasteiger partial charge is 0.210 e. The molecule has 0 aromatic carbocycles. The van der Waals surface area contributed by atoms with E-state index in [1.807, 2.05) is 13.8 Å². The molecule has 0 saturated heterocycles. The third kappa shape index (κ3) is 4.41. The van der Waals surface area contributed by atoms with Crippen molar-refractivity contribution in [3.8, 4) is 0 Å². The summed E-state index contributed by atoms with van der Waals surface area (Å²) in [5, 5.41) is 0.0912. The average molecular weight is 282 g/mol. The van der Waals surface area contributed by atoms with E-state index in [2.05, 4.69) is 4.72 Å². The van der Waals surface area contributed by atoms with Crippen LogP contribution in [0.5, 0.6) is 0 Å². The molecular weight excluding hydrogens is 266 g/mol. The van der Waals surface area contributed by atoms with Gasteiger partial charge >= 0.3 is 0 Å². The zero-order valence-electron chi connectivity index (χ0n) is 9.36. The lowest BCUT2D eigenvalue weighted by molar-refractivity contribution is 0.578. The van der Waals surface area contributed by atoms with Crippen LogP contribution in [0.1, 0.15) is 24.6 Å². The first-order valence-electron chi connectivity index (χ1n) is 5.12. The number of nitrogens with one attached hydrogen (secondary N) is 1. The van der Waals surface area contributed by atoms with Crippen LogP contribution in [0, 0.1) is 6.92 Å². The third-order valence-electron chi connectivity index (χ3n) is 2.05. The summed E-state index contributed by atoms with van der Waals surface area (Å²) in [4.78, 5) is 0.995. The number of rotatable bonds is 6. The number of sulfonamides is 1. The Balaban J connectivity index is 2.47. The predicted molar refractivity (Wildman–Crippen MR) is 68.8 cm³/mol. The Labute approximate surface area is 106 Å². The van der Waals surface area contributed by atoms with Crippen LogP contribution in [-0.4, -0.2) is 20.3 Å². The van der Waals surface area contributed by atoms with Gasteiger partial charge in [-0.05, 0) is 38.8 Å². The SMILES string of the molecule is Cc1ccc(S(=O)(=O)NCCCC(C)Cl)s1. The Morgan fingerprint density at radius 1 is 1.50 bits per heavy atom. The van der Waals surface area contributed by atoms with Crippen molar-refractivity contribution in [3.05, 3.63) is 17.0 Å². The second-order valence-corrected chi connectivity index (χ2v) is 7.71. The van der Waals surface area contributed by atoms with Gasteiger partial charge in [-0.2, -0.15) is 0 Å². The van der Waals surface area contributed by atoms with Crippen LogP contribution in [-0.2, 0) is 10.0 Å². The van der Waals surface area contributed by atoms with Gasteiger partial charge in [-0.15, -0.1) is 22.9 Å². The molecule has 1 aromatic rings. The van der Waals surface area contributed by atoms with Crippen molar-refractivity contribution in [2.24, 2.45) is 0 Å². The Morgan fingerprint density at radius 2 is 2.19 bits per heavy atom. The number of halogens is 1. The van der Waals surface area contributed by atoms with Crippen LogP contribution in [0.15, 0.2) is 16.3 Å². The minimum absolute atomic E-state index is 0.0912. The second-order valence-electron chi connectivity index (χ2n) is 3.69. The van der Waals surface area contributed by atoms with Gasteiger partial charge in [-0.3, -0.25) is 0 Å². The molecule has 0 aliphatic carbocycles. The number of hydrogen-bond donors (Lipinski definition) is 1. The van der Waals surface area contributed by atoms with Crippen molar-refractivity contribution in [1.82, 2.24) is 4.72 Å². The molecule has 0 aliphatic heterocycles. The van der Waals surface area contributed by atoms with Gasteiger partial charge in [0.15, 0.2) is 0 Å². The van der Waals surface area contributed by atoms with E-state index in [1.54, 1.807) is 12.1 Å². The Morgan fingerprint density at radius 3 is 2.69 bits per heavy atom. The molecule has 1 aromatic heterocycles. The fourth-order valence-electron chi connectivity index (χ4n) is 1.22. The first-order chi connectivity index (χ1) is 7.42. The van der Waals surface area contributed by atoms with Crippen molar-refractivity contribution < 1.29 is 8.42 Å². The Bertz CT molecular complexity index is 426. The lowest BCUT2D eigenvalue weighted by Crippen LogP contribution is -2.24. The number of hydrogen-bond acceptors (Lipinski definition) is 3. The van der Waals surface area contributed by atoms with Crippen molar-refractivity contribution >= 4 is 33.0 Å². The monoisotopic (exact) mass is 281 g/mol. The number of aryl methyl sites for hydroxylation is 1.